The molecule has 1 aromatic carbocycles. The maximum atomic E-state index is 12.8. The monoisotopic (exact) mass is 386 g/mol. The normalized spacial score (nSPS) is 17.0. The molecule has 0 radical (unpaired) electrons. The van der Waals surface area contributed by atoms with Crippen molar-refractivity contribution in [1.82, 2.24) is 19.8 Å². The number of nitrogens with zero attached hydrogens (tertiary/aromatic N) is 3. The van der Waals surface area contributed by atoms with E-state index < -0.39 is 0 Å². The molecule has 2 amide bonds. The van der Waals surface area contributed by atoms with E-state index in [-0.39, 0.29) is 17.7 Å². The zero-order valence-corrected chi connectivity index (χ0v) is 15.9. The van der Waals surface area contributed by atoms with Crippen LogP contribution in [0, 0.1) is 5.92 Å². The molecule has 2 aliphatic rings. The van der Waals surface area contributed by atoms with Gasteiger partial charge in [-0.3, -0.25) is 9.59 Å². The lowest BCUT2D eigenvalue weighted by molar-refractivity contribution is -0.127. The van der Waals surface area contributed by atoms with Gasteiger partial charge in [0.15, 0.2) is 0 Å². The van der Waals surface area contributed by atoms with Gasteiger partial charge >= 0.3 is 0 Å². The van der Waals surface area contributed by atoms with Crippen molar-refractivity contribution in [2.24, 2.45) is 5.92 Å². The Labute approximate surface area is 163 Å². The quantitative estimate of drug-likeness (QED) is 0.878. The lowest BCUT2D eigenvalue weighted by Crippen LogP contribution is -2.35. The third-order valence-electron chi connectivity index (χ3n) is 5.50. The summed E-state index contributed by atoms with van der Waals surface area (Å²) < 4.78 is 2.13. The molecule has 1 aliphatic carbocycles. The molecule has 1 N–H and O–H groups in total. The highest BCUT2D eigenvalue weighted by atomic mass is 35.5. The van der Waals surface area contributed by atoms with Gasteiger partial charge in [0, 0.05) is 42.6 Å². The molecule has 2 heterocycles. The van der Waals surface area contributed by atoms with E-state index in [1.165, 1.54) is 0 Å². The number of fused-ring (bicyclic) bond motifs is 1. The van der Waals surface area contributed by atoms with Crippen LogP contribution in [0.2, 0.25) is 5.02 Å². The van der Waals surface area contributed by atoms with Gasteiger partial charge in [0.2, 0.25) is 5.91 Å². The van der Waals surface area contributed by atoms with E-state index in [2.05, 4.69) is 14.9 Å². The SMILES string of the molecule is O=C(NCc1cnc2n1CCN(C(=O)c1cccc(Cl)c1)CC2)C1CCC1. The Kier molecular flexibility index (Phi) is 5.16. The Morgan fingerprint density at radius 1 is 1.22 bits per heavy atom. The van der Waals surface area contributed by atoms with E-state index in [1.807, 2.05) is 11.1 Å². The van der Waals surface area contributed by atoms with Crippen molar-refractivity contribution >= 4 is 23.4 Å². The van der Waals surface area contributed by atoms with E-state index in [4.69, 9.17) is 11.6 Å². The molecular formula is C20H23ClN4O2. The molecule has 0 unspecified atom stereocenters. The van der Waals surface area contributed by atoms with Crippen LogP contribution in [0.15, 0.2) is 30.5 Å². The fraction of sp³-hybridized carbons (Fsp3) is 0.450. The van der Waals surface area contributed by atoms with Crippen molar-refractivity contribution in [3.05, 3.63) is 52.6 Å². The lowest BCUT2D eigenvalue weighted by Gasteiger charge is -2.24. The number of nitrogens with one attached hydrogen (secondary N) is 1. The number of hydrogen-bond acceptors (Lipinski definition) is 3. The highest BCUT2D eigenvalue weighted by Crippen LogP contribution is 2.26. The van der Waals surface area contributed by atoms with Gasteiger partial charge in [-0.2, -0.15) is 0 Å². The van der Waals surface area contributed by atoms with Crippen LogP contribution < -0.4 is 5.32 Å². The number of rotatable bonds is 4. The highest BCUT2D eigenvalue weighted by Gasteiger charge is 2.26. The van der Waals surface area contributed by atoms with Crippen molar-refractivity contribution in [3.63, 3.8) is 0 Å². The second-order valence-electron chi connectivity index (χ2n) is 7.22. The molecule has 1 saturated carbocycles. The predicted octanol–water partition coefficient (Wildman–Crippen LogP) is 2.65. The Morgan fingerprint density at radius 2 is 2.07 bits per heavy atom. The smallest absolute Gasteiger partial charge is 0.253 e. The molecule has 0 spiro atoms. The van der Waals surface area contributed by atoms with Crippen LogP contribution in [0.3, 0.4) is 0 Å². The van der Waals surface area contributed by atoms with Gasteiger partial charge in [-0.15, -0.1) is 0 Å². The van der Waals surface area contributed by atoms with Crippen LogP contribution in [0.1, 0.15) is 41.1 Å². The topological polar surface area (TPSA) is 67.2 Å². The summed E-state index contributed by atoms with van der Waals surface area (Å²) in [6.07, 6.45) is 5.68. The minimum atomic E-state index is -0.0110. The molecule has 27 heavy (non-hydrogen) atoms. The van der Waals surface area contributed by atoms with Crippen molar-refractivity contribution < 1.29 is 9.59 Å². The molecule has 1 aliphatic heterocycles. The molecular weight excluding hydrogens is 364 g/mol. The van der Waals surface area contributed by atoms with Crippen molar-refractivity contribution in [2.75, 3.05) is 13.1 Å². The average molecular weight is 387 g/mol. The first kappa shape index (κ1) is 18.0. The van der Waals surface area contributed by atoms with Gasteiger partial charge < -0.3 is 14.8 Å². The number of benzene rings is 1. The Hall–Kier alpha value is -2.34. The van der Waals surface area contributed by atoms with Crippen LogP contribution in [0.5, 0.6) is 0 Å². The standard InChI is InChI=1S/C20H23ClN4O2/c21-16-6-2-5-15(11-16)20(27)24-8-7-18-22-12-17(25(18)10-9-24)13-23-19(26)14-3-1-4-14/h2,5-6,11-12,14H,1,3-4,7-10,13H2,(H,23,26). The number of hydrogen-bond donors (Lipinski definition) is 1. The van der Waals surface area contributed by atoms with Crippen molar-refractivity contribution in [3.8, 4) is 0 Å². The lowest BCUT2D eigenvalue weighted by atomic mass is 9.85. The molecule has 142 valence electrons. The summed E-state index contributed by atoms with van der Waals surface area (Å²) >= 11 is 6.01. The number of amides is 2. The summed E-state index contributed by atoms with van der Waals surface area (Å²) in [6.45, 7) is 2.40. The van der Waals surface area contributed by atoms with E-state index in [0.29, 0.717) is 43.2 Å². The first-order valence-corrected chi connectivity index (χ1v) is 9.85. The fourth-order valence-electron chi connectivity index (χ4n) is 3.63. The minimum Gasteiger partial charge on any atom is -0.350 e. The molecule has 4 rings (SSSR count). The van der Waals surface area contributed by atoms with Crippen molar-refractivity contribution in [1.29, 1.82) is 0 Å². The van der Waals surface area contributed by atoms with Gasteiger partial charge in [0.05, 0.1) is 18.4 Å². The van der Waals surface area contributed by atoms with Gasteiger partial charge in [0.25, 0.3) is 5.91 Å². The number of imidazole rings is 1. The summed E-state index contributed by atoms with van der Waals surface area (Å²) in [5.41, 5.74) is 1.60. The van der Waals surface area contributed by atoms with Gasteiger partial charge in [-0.25, -0.2) is 4.98 Å². The molecule has 0 bridgehead atoms. The van der Waals surface area contributed by atoms with E-state index in [9.17, 15) is 9.59 Å². The fourth-order valence-corrected chi connectivity index (χ4v) is 3.82. The Morgan fingerprint density at radius 3 is 2.81 bits per heavy atom. The zero-order valence-electron chi connectivity index (χ0n) is 15.2. The summed E-state index contributed by atoms with van der Waals surface area (Å²) in [5.74, 6) is 1.28. The van der Waals surface area contributed by atoms with E-state index in [0.717, 1.165) is 30.8 Å². The molecule has 1 fully saturated rings. The van der Waals surface area contributed by atoms with Crippen LogP contribution in [-0.2, 0) is 24.3 Å². The second kappa shape index (κ2) is 7.72. The Balaban J connectivity index is 1.40. The number of carbonyl (C=O) groups is 2. The first-order valence-electron chi connectivity index (χ1n) is 9.47. The number of aromatic nitrogens is 2. The second-order valence-corrected chi connectivity index (χ2v) is 7.65. The largest absolute Gasteiger partial charge is 0.350 e. The van der Waals surface area contributed by atoms with Gasteiger partial charge in [-0.1, -0.05) is 24.1 Å². The third kappa shape index (κ3) is 3.86. The first-order chi connectivity index (χ1) is 13.1. The molecule has 0 saturated heterocycles. The van der Waals surface area contributed by atoms with Crippen molar-refractivity contribution in [2.45, 2.75) is 38.8 Å². The number of halogens is 1. The summed E-state index contributed by atoms with van der Waals surface area (Å²) in [6, 6.07) is 7.05. The Bertz CT molecular complexity index is 859. The predicted molar refractivity (Wildman–Crippen MR) is 102 cm³/mol. The molecule has 1 aromatic heterocycles. The van der Waals surface area contributed by atoms with Crippen LogP contribution >= 0.6 is 11.6 Å². The van der Waals surface area contributed by atoms with E-state index >= 15 is 0 Å². The summed E-state index contributed by atoms with van der Waals surface area (Å²) in [4.78, 5) is 31.2. The molecule has 7 heteroatoms. The molecule has 2 aromatic rings. The van der Waals surface area contributed by atoms with E-state index in [1.54, 1.807) is 24.3 Å². The summed E-state index contributed by atoms with van der Waals surface area (Å²) in [5, 5.41) is 3.59. The maximum Gasteiger partial charge on any atom is 0.253 e. The maximum absolute atomic E-state index is 12.8. The molecule has 6 nitrogen and oxygen atoms in total. The highest BCUT2D eigenvalue weighted by molar-refractivity contribution is 6.30. The van der Waals surface area contributed by atoms with Crippen LogP contribution in [-0.4, -0.2) is 39.4 Å². The minimum absolute atomic E-state index is 0.0110. The van der Waals surface area contributed by atoms with Crippen LogP contribution in [0.4, 0.5) is 0 Å². The number of carbonyl (C=O) groups excluding carboxylic acids is 2. The zero-order chi connectivity index (χ0) is 18.8. The van der Waals surface area contributed by atoms with Gasteiger partial charge in [-0.05, 0) is 31.0 Å². The molecule has 0 atom stereocenters. The van der Waals surface area contributed by atoms with Gasteiger partial charge in [0.1, 0.15) is 5.82 Å². The third-order valence-corrected chi connectivity index (χ3v) is 5.73. The summed E-state index contributed by atoms with van der Waals surface area (Å²) in [7, 11) is 0. The average Bonchev–Trinajstić information content (AvgIpc) is 2.87. The van der Waals surface area contributed by atoms with Crippen LogP contribution in [0.25, 0.3) is 0 Å².